The van der Waals surface area contributed by atoms with Gasteiger partial charge < -0.3 is 9.64 Å². The minimum absolute atomic E-state index is 0.205. The fraction of sp³-hybridized carbons (Fsp3) is 0.500. The van der Waals surface area contributed by atoms with Crippen LogP contribution in [0.1, 0.15) is 15.9 Å². The van der Waals surface area contributed by atoms with Gasteiger partial charge in [0.05, 0.1) is 13.4 Å². The van der Waals surface area contributed by atoms with Crippen molar-refractivity contribution in [2.45, 2.75) is 24.3 Å². The van der Waals surface area contributed by atoms with E-state index in [2.05, 4.69) is 4.74 Å². The molecule has 6 nitrogen and oxygen atoms in total. The van der Waals surface area contributed by atoms with Crippen molar-refractivity contribution in [1.82, 2.24) is 0 Å². The van der Waals surface area contributed by atoms with E-state index in [1.807, 2.05) is 0 Å². The molecule has 156 valence electrons. The molecule has 1 aromatic rings. The highest BCUT2D eigenvalue weighted by Gasteiger charge is 2.76. The maximum atomic E-state index is 13.2. The monoisotopic (exact) mass is 433 g/mol. The van der Waals surface area contributed by atoms with E-state index in [-0.39, 0.29) is 11.9 Å². The lowest BCUT2D eigenvalue weighted by Gasteiger charge is -2.35. The SMILES string of the molecule is [B]Cc1cc(C(=O)OC(CS(=O)(=O)O)(C(F)(F)F)C(F)(F)F)ccc1N(C)C. The summed E-state index contributed by atoms with van der Waals surface area (Å²) in [7, 11) is 2.77. The second-order valence-corrected chi connectivity index (χ2v) is 7.33. The molecule has 0 unspecified atom stereocenters. The van der Waals surface area contributed by atoms with Crippen LogP contribution >= 0.6 is 0 Å². The average Bonchev–Trinajstić information content (AvgIpc) is 2.49. The molecule has 0 atom stereocenters. The zero-order valence-corrected chi connectivity index (χ0v) is 15.2. The van der Waals surface area contributed by atoms with Crippen LogP contribution < -0.4 is 4.90 Å². The van der Waals surface area contributed by atoms with Gasteiger partial charge in [0.1, 0.15) is 5.75 Å². The second-order valence-electron chi connectivity index (χ2n) is 5.88. The minimum Gasteiger partial charge on any atom is -0.435 e. The first-order valence-electron chi connectivity index (χ1n) is 7.27. The van der Waals surface area contributed by atoms with E-state index < -0.39 is 45.4 Å². The summed E-state index contributed by atoms with van der Waals surface area (Å²) in [5.74, 6) is -5.04. The molecule has 1 aromatic carbocycles. The molecule has 0 spiro atoms. The minimum atomic E-state index is -6.39. The molecule has 0 bridgehead atoms. The number of rotatable bonds is 6. The maximum absolute atomic E-state index is 13.2. The van der Waals surface area contributed by atoms with Crippen molar-refractivity contribution >= 4 is 29.6 Å². The topological polar surface area (TPSA) is 83.9 Å². The first-order chi connectivity index (χ1) is 12.4. The molecule has 0 heterocycles. The Morgan fingerprint density at radius 3 is 2.00 bits per heavy atom. The lowest BCUT2D eigenvalue weighted by Crippen LogP contribution is -2.63. The van der Waals surface area contributed by atoms with Crippen LogP contribution in [0.5, 0.6) is 0 Å². The van der Waals surface area contributed by atoms with E-state index >= 15 is 0 Å². The van der Waals surface area contributed by atoms with E-state index in [0.717, 1.165) is 12.1 Å². The van der Waals surface area contributed by atoms with Crippen molar-refractivity contribution in [3.8, 4) is 0 Å². The predicted octanol–water partition coefficient (Wildman–Crippen LogP) is 2.33. The molecule has 0 saturated heterocycles. The van der Waals surface area contributed by atoms with Crippen molar-refractivity contribution in [2.75, 3.05) is 24.7 Å². The number of hydrogen-bond donors (Lipinski definition) is 1. The van der Waals surface area contributed by atoms with Crippen LogP contribution in [0.2, 0.25) is 0 Å². The fourth-order valence-corrected chi connectivity index (χ4v) is 3.16. The highest BCUT2D eigenvalue weighted by atomic mass is 32.2. The Morgan fingerprint density at radius 1 is 1.14 bits per heavy atom. The number of carbonyl (C=O) groups is 1. The number of hydrogen-bond acceptors (Lipinski definition) is 5. The molecule has 0 aromatic heterocycles. The fourth-order valence-electron chi connectivity index (χ4n) is 2.26. The van der Waals surface area contributed by atoms with Crippen molar-refractivity contribution in [2.24, 2.45) is 0 Å². The summed E-state index contributed by atoms with van der Waals surface area (Å²) in [5, 5.41) is 0. The van der Waals surface area contributed by atoms with Gasteiger partial charge in [-0.25, -0.2) is 4.79 Å². The van der Waals surface area contributed by atoms with E-state index in [1.54, 1.807) is 14.1 Å². The number of alkyl halides is 6. The van der Waals surface area contributed by atoms with E-state index in [0.29, 0.717) is 5.69 Å². The summed E-state index contributed by atoms with van der Waals surface area (Å²) < 4.78 is 113. The number of esters is 1. The van der Waals surface area contributed by atoms with Gasteiger partial charge in [-0.05, 0) is 23.8 Å². The summed E-state index contributed by atoms with van der Waals surface area (Å²) in [6, 6.07) is 3.02. The Bertz CT molecular complexity index is 824. The molecule has 14 heteroatoms. The molecular formula is C14H14BF6NO5S. The predicted molar refractivity (Wildman–Crippen MR) is 86.9 cm³/mol. The van der Waals surface area contributed by atoms with Gasteiger partial charge in [0.15, 0.2) is 0 Å². The zero-order valence-electron chi connectivity index (χ0n) is 14.4. The molecule has 0 amide bonds. The zero-order chi connectivity index (χ0) is 22.1. The third-order valence-electron chi connectivity index (χ3n) is 3.59. The molecule has 28 heavy (non-hydrogen) atoms. The van der Waals surface area contributed by atoms with Gasteiger partial charge in [-0.2, -0.15) is 34.8 Å². The molecule has 0 fully saturated rings. The van der Waals surface area contributed by atoms with Crippen LogP contribution in [0.3, 0.4) is 0 Å². The largest absolute Gasteiger partial charge is 0.438 e. The lowest BCUT2D eigenvalue weighted by atomic mass is 9.93. The summed E-state index contributed by atoms with van der Waals surface area (Å²) in [6.45, 7) is 0. The second kappa shape index (κ2) is 7.81. The number of ether oxygens (including phenoxy) is 1. The maximum Gasteiger partial charge on any atom is 0.438 e. The number of halogens is 6. The normalized spacial score (nSPS) is 13.3. The Kier molecular flexibility index (Phi) is 6.72. The Hall–Kier alpha value is -1.96. The third-order valence-corrected chi connectivity index (χ3v) is 4.36. The molecule has 0 saturated carbocycles. The summed E-state index contributed by atoms with van der Waals surface area (Å²) >= 11 is 0. The van der Waals surface area contributed by atoms with Crippen LogP contribution in [0.4, 0.5) is 32.0 Å². The smallest absolute Gasteiger partial charge is 0.435 e. The highest BCUT2D eigenvalue weighted by molar-refractivity contribution is 7.85. The van der Waals surface area contributed by atoms with Crippen molar-refractivity contribution in [3.05, 3.63) is 29.3 Å². The quantitative estimate of drug-likeness (QED) is 0.321. The van der Waals surface area contributed by atoms with Gasteiger partial charge in [-0.15, -0.1) is 0 Å². The van der Waals surface area contributed by atoms with Crippen LogP contribution in [-0.2, 0) is 21.2 Å². The standard InChI is InChI=1S/C14H14BF6NO5S/c1-22(2)10-4-3-8(5-9(10)6-15)11(23)27-12(13(16,17)18,14(19,20)21)7-28(24,25)26/h3-5H,6-7H2,1-2H3,(H,24,25,26). The van der Waals surface area contributed by atoms with Crippen LogP contribution in [0, 0.1) is 0 Å². The van der Waals surface area contributed by atoms with Crippen molar-refractivity contribution < 1.29 is 48.8 Å². The van der Waals surface area contributed by atoms with Gasteiger partial charge in [0, 0.05) is 19.8 Å². The summed E-state index contributed by atoms with van der Waals surface area (Å²) in [6.07, 6.45) is -13.0. The summed E-state index contributed by atoms with van der Waals surface area (Å²) in [5.41, 5.74) is -5.54. The molecule has 1 N–H and O–H groups in total. The number of anilines is 1. The third kappa shape index (κ3) is 5.10. The first kappa shape index (κ1) is 24.1. The molecule has 0 aliphatic heterocycles. The van der Waals surface area contributed by atoms with Crippen molar-refractivity contribution in [1.29, 1.82) is 0 Å². The van der Waals surface area contributed by atoms with Crippen LogP contribution in [0.15, 0.2) is 18.2 Å². The van der Waals surface area contributed by atoms with Gasteiger partial charge in [0.25, 0.3) is 10.1 Å². The Balaban J connectivity index is 3.50. The first-order valence-corrected chi connectivity index (χ1v) is 8.88. The number of carbonyl (C=O) groups excluding carboxylic acids is 1. The van der Waals surface area contributed by atoms with E-state index in [1.165, 1.54) is 11.0 Å². The van der Waals surface area contributed by atoms with Gasteiger partial charge >= 0.3 is 23.9 Å². The van der Waals surface area contributed by atoms with E-state index in [4.69, 9.17) is 12.4 Å². The Labute approximate surface area is 157 Å². The van der Waals surface area contributed by atoms with Gasteiger partial charge in [-0.3, -0.25) is 4.55 Å². The molecular weight excluding hydrogens is 419 g/mol. The van der Waals surface area contributed by atoms with Crippen LogP contribution in [-0.4, -0.2) is 64.6 Å². The van der Waals surface area contributed by atoms with Crippen molar-refractivity contribution in [3.63, 3.8) is 0 Å². The number of benzene rings is 1. The highest BCUT2D eigenvalue weighted by Crippen LogP contribution is 2.47. The molecule has 1 rings (SSSR count). The molecule has 0 aliphatic carbocycles. The average molecular weight is 433 g/mol. The Morgan fingerprint density at radius 2 is 1.64 bits per heavy atom. The van der Waals surface area contributed by atoms with E-state index in [9.17, 15) is 39.6 Å². The van der Waals surface area contributed by atoms with Gasteiger partial charge in [0.2, 0.25) is 0 Å². The molecule has 2 radical (unpaired) electrons. The van der Waals surface area contributed by atoms with Crippen LogP contribution in [0.25, 0.3) is 0 Å². The number of nitrogens with zero attached hydrogens (tertiary/aromatic N) is 1. The molecule has 0 aliphatic rings. The summed E-state index contributed by atoms with van der Waals surface area (Å²) in [4.78, 5) is 13.6. The lowest BCUT2D eigenvalue weighted by molar-refractivity contribution is -0.356. The van der Waals surface area contributed by atoms with Gasteiger partial charge in [-0.1, -0.05) is 6.32 Å².